The van der Waals surface area contributed by atoms with Gasteiger partial charge in [0.1, 0.15) is 6.61 Å². The molecule has 148 valence electrons. The Bertz CT molecular complexity index is 386. The van der Waals surface area contributed by atoms with Gasteiger partial charge in [-0.3, -0.25) is 0 Å². The lowest BCUT2D eigenvalue weighted by Crippen LogP contribution is -2.45. The van der Waals surface area contributed by atoms with Gasteiger partial charge in [0.2, 0.25) is 0 Å². The largest absolute Gasteiger partial charge is 0.462 e. The zero-order chi connectivity index (χ0) is 19.9. The SMILES string of the molecule is C=CC(=O)OCC(CC[Si](C)(C)C)(CO[Si](C)(C)C)CO[Si](C)(C)C. The molecule has 0 rings (SSSR count). The lowest BCUT2D eigenvalue weighted by atomic mass is 9.88. The highest BCUT2D eigenvalue weighted by Gasteiger charge is 2.37. The predicted octanol–water partition coefficient (Wildman–Crippen LogP) is 5.13. The average Bonchev–Trinajstić information content (AvgIpc) is 2.42. The molecular weight excluding hydrogens is 364 g/mol. The van der Waals surface area contributed by atoms with Crippen LogP contribution in [0, 0.1) is 5.41 Å². The smallest absolute Gasteiger partial charge is 0.330 e. The second kappa shape index (κ2) is 9.64. The fraction of sp³-hybridized carbons (Fsp3) is 0.833. The Balaban J connectivity index is 5.40. The summed E-state index contributed by atoms with van der Waals surface area (Å²) in [7, 11) is -4.58. The number of esters is 1. The first-order valence-electron chi connectivity index (χ1n) is 9.15. The molecule has 0 saturated heterocycles. The molecule has 0 aromatic rings. The Morgan fingerprint density at radius 1 is 0.880 bits per heavy atom. The molecule has 0 aliphatic rings. The standard InChI is InChI=1S/C18H40O4Si3/c1-11-17(19)20-14-18(12-13-23(2,3)4,15-21-24(5,6)7)16-22-25(8,9)10/h11H,1,12-16H2,2-10H3. The van der Waals surface area contributed by atoms with Crippen LogP contribution >= 0.6 is 0 Å². The van der Waals surface area contributed by atoms with Crippen LogP contribution in [0.25, 0.3) is 0 Å². The van der Waals surface area contributed by atoms with E-state index in [1.165, 1.54) is 6.08 Å². The molecular formula is C18H40O4Si3. The van der Waals surface area contributed by atoms with E-state index >= 15 is 0 Å². The predicted molar refractivity (Wildman–Crippen MR) is 115 cm³/mol. The van der Waals surface area contributed by atoms with Crippen molar-refractivity contribution in [3.63, 3.8) is 0 Å². The van der Waals surface area contributed by atoms with E-state index in [9.17, 15) is 4.79 Å². The monoisotopic (exact) mass is 404 g/mol. The third-order valence-electron chi connectivity index (χ3n) is 3.72. The van der Waals surface area contributed by atoms with E-state index in [-0.39, 0.29) is 11.4 Å². The zero-order valence-electron chi connectivity index (χ0n) is 18.0. The van der Waals surface area contributed by atoms with E-state index in [0.717, 1.165) is 12.5 Å². The van der Waals surface area contributed by atoms with Crippen LogP contribution < -0.4 is 0 Å². The minimum Gasteiger partial charge on any atom is -0.462 e. The van der Waals surface area contributed by atoms with Gasteiger partial charge in [-0.1, -0.05) is 32.3 Å². The Hall–Kier alpha value is -0.219. The van der Waals surface area contributed by atoms with Gasteiger partial charge in [0, 0.05) is 32.8 Å². The first kappa shape index (κ1) is 24.8. The molecule has 0 spiro atoms. The lowest BCUT2D eigenvalue weighted by molar-refractivity contribution is -0.143. The maximum Gasteiger partial charge on any atom is 0.330 e. The Kier molecular flexibility index (Phi) is 9.56. The summed E-state index contributed by atoms with van der Waals surface area (Å²) in [5, 5.41) is 0. The maximum atomic E-state index is 11.7. The highest BCUT2D eigenvalue weighted by atomic mass is 28.4. The van der Waals surface area contributed by atoms with Gasteiger partial charge in [0.05, 0.1) is 0 Å². The van der Waals surface area contributed by atoms with Crippen molar-refractivity contribution in [3.8, 4) is 0 Å². The number of carbonyl (C=O) groups excluding carboxylic acids is 1. The van der Waals surface area contributed by atoms with Gasteiger partial charge < -0.3 is 13.6 Å². The molecule has 0 amide bonds. The molecule has 0 aromatic heterocycles. The van der Waals surface area contributed by atoms with Gasteiger partial charge in [-0.05, 0) is 45.7 Å². The molecule has 7 heteroatoms. The van der Waals surface area contributed by atoms with E-state index in [2.05, 4.69) is 65.5 Å². The number of carbonyl (C=O) groups is 1. The van der Waals surface area contributed by atoms with E-state index in [1.807, 2.05) is 0 Å². The average molecular weight is 405 g/mol. The second-order valence-corrected chi connectivity index (χ2v) is 24.8. The summed E-state index contributed by atoms with van der Waals surface area (Å²) >= 11 is 0. The normalized spacial score (nSPS) is 13.6. The molecule has 0 unspecified atom stereocenters. The highest BCUT2D eigenvalue weighted by Crippen LogP contribution is 2.32. The van der Waals surface area contributed by atoms with E-state index in [4.69, 9.17) is 13.6 Å². The maximum absolute atomic E-state index is 11.7. The van der Waals surface area contributed by atoms with Crippen molar-refractivity contribution in [2.45, 2.75) is 71.4 Å². The van der Waals surface area contributed by atoms with Crippen molar-refractivity contribution in [1.82, 2.24) is 0 Å². The summed E-state index contributed by atoms with van der Waals surface area (Å²) in [4.78, 5) is 11.7. The van der Waals surface area contributed by atoms with Crippen molar-refractivity contribution < 1.29 is 18.4 Å². The molecule has 0 fully saturated rings. The minimum absolute atomic E-state index is 0.278. The summed E-state index contributed by atoms with van der Waals surface area (Å²) in [6.07, 6.45) is 2.18. The van der Waals surface area contributed by atoms with Crippen molar-refractivity contribution >= 4 is 30.7 Å². The van der Waals surface area contributed by atoms with Crippen LogP contribution in [0.4, 0.5) is 0 Å². The molecule has 0 N–H and O–H groups in total. The van der Waals surface area contributed by atoms with Crippen LogP contribution in [0.1, 0.15) is 6.42 Å². The Labute approximate surface area is 158 Å². The Morgan fingerprint density at radius 3 is 1.64 bits per heavy atom. The van der Waals surface area contributed by atoms with Crippen LogP contribution in [0.5, 0.6) is 0 Å². The number of rotatable bonds is 12. The molecule has 0 heterocycles. The van der Waals surface area contributed by atoms with Crippen LogP contribution in [-0.2, 0) is 18.4 Å². The fourth-order valence-electron chi connectivity index (χ4n) is 2.00. The third-order valence-corrected chi connectivity index (χ3v) is 7.49. The minimum atomic E-state index is -1.67. The summed E-state index contributed by atoms with van der Waals surface area (Å²) in [6, 6.07) is 1.16. The molecule has 0 aliphatic heterocycles. The van der Waals surface area contributed by atoms with Crippen molar-refractivity contribution in [3.05, 3.63) is 12.7 Å². The molecule has 0 aromatic carbocycles. The topological polar surface area (TPSA) is 44.8 Å². The van der Waals surface area contributed by atoms with E-state index < -0.39 is 24.7 Å². The van der Waals surface area contributed by atoms with E-state index in [1.54, 1.807) is 0 Å². The molecule has 25 heavy (non-hydrogen) atoms. The van der Waals surface area contributed by atoms with Crippen molar-refractivity contribution in [2.24, 2.45) is 5.41 Å². The molecule has 0 aliphatic carbocycles. The van der Waals surface area contributed by atoms with Crippen LogP contribution in [-0.4, -0.2) is 50.5 Å². The van der Waals surface area contributed by atoms with Gasteiger partial charge >= 0.3 is 5.97 Å². The van der Waals surface area contributed by atoms with Gasteiger partial charge in [-0.15, -0.1) is 0 Å². The number of hydrogen-bond acceptors (Lipinski definition) is 4. The first-order chi connectivity index (χ1) is 11.1. The van der Waals surface area contributed by atoms with Crippen molar-refractivity contribution in [1.29, 1.82) is 0 Å². The summed E-state index contributed by atoms with van der Waals surface area (Å²) in [5.74, 6) is -0.376. The lowest BCUT2D eigenvalue weighted by Gasteiger charge is -2.38. The van der Waals surface area contributed by atoms with Crippen LogP contribution in [0.3, 0.4) is 0 Å². The zero-order valence-corrected chi connectivity index (χ0v) is 21.0. The Morgan fingerprint density at radius 2 is 1.32 bits per heavy atom. The number of hydrogen-bond donors (Lipinski definition) is 0. The highest BCUT2D eigenvalue weighted by molar-refractivity contribution is 6.76. The van der Waals surface area contributed by atoms with Gasteiger partial charge in [-0.25, -0.2) is 4.79 Å². The third kappa shape index (κ3) is 13.6. The quantitative estimate of drug-likeness (QED) is 0.257. The molecule has 0 saturated carbocycles. The van der Waals surface area contributed by atoms with Crippen LogP contribution in [0.2, 0.25) is 65.0 Å². The molecule has 0 radical (unpaired) electrons. The summed E-state index contributed by atoms with van der Waals surface area (Å²) in [5.41, 5.74) is -0.278. The fourth-order valence-corrected chi connectivity index (χ4v) is 4.76. The van der Waals surface area contributed by atoms with E-state index in [0.29, 0.717) is 19.8 Å². The van der Waals surface area contributed by atoms with Crippen molar-refractivity contribution in [2.75, 3.05) is 19.8 Å². The molecule has 0 bridgehead atoms. The van der Waals surface area contributed by atoms with Gasteiger partial charge in [-0.2, -0.15) is 0 Å². The number of ether oxygens (including phenoxy) is 1. The van der Waals surface area contributed by atoms with Gasteiger partial charge in [0.25, 0.3) is 0 Å². The van der Waals surface area contributed by atoms with Gasteiger partial charge in [0.15, 0.2) is 16.6 Å². The first-order valence-corrected chi connectivity index (χ1v) is 19.7. The summed E-state index contributed by atoms with van der Waals surface area (Å²) < 4.78 is 18.0. The molecule has 0 atom stereocenters. The molecule has 4 nitrogen and oxygen atoms in total. The second-order valence-electron chi connectivity index (χ2n) is 10.2. The van der Waals surface area contributed by atoms with Crippen LogP contribution in [0.15, 0.2) is 12.7 Å². The summed E-state index contributed by atoms with van der Waals surface area (Å²) in [6.45, 7) is 25.2.